The smallest absolute Gasteiger partial charge is 0.335 e. The number of benzene rings is 1. The summed E-state index contributed by atoms with van der Waals surface area (Å²) in [5.74, 6) is -0.227. The summed E-state index contributed by atoms with van der Waals surface area (Å²) in [5, 5.41) is 9.01. The predicted octanol–water partition coefficient (Wildman–Crippen LogP) is 8.97. The third-order valence-corrected chi connectivity index (χ3v) is 32.0. The highest BCUT2D eigenvalue weighted by molar-refractivity contribution is 6.91. The molecule has 16 heteroatoms. The third-order valence-electron chi connectivity index (χ3n) is 6.08. The minimum Gasteiger partial charge on any atom is -0.494 e. The monoisotopic (exact) mass is 738 g/mol. The number of carbonyl (C=O) groups is 1. The minimum atomic E-state index is -2.56. The first-order valence-electron chi connectivity index (χ1n) is 15.8. The topological polar surface area (TPSA) is 102 Å². The number of rotatable bonds is 21. The second-order valence-corrected chi connectivity index (χ2v) is 42.5. The van der Waals surface area contributed by atoms with Gasteiger partial charge in [-0.3, -0.25) is 0 Å². The first kappa shape index (κ1) is 41.8. The summed E-state index contributed by atoms with van der Waals surface area (Å²) >= 11 is 0. The van der Waals surface area contributed by atoms with Crippen LogP contribution in [0.4, 0.5) is 0 Å². The molecule has 1 aromatic carbocycles. The summed E-state index contributed by atoms with van der Waals surface area (Å²) in [6.07, 6.45) is 4.27. The van der Waals surface area contributed by atoms with Crippen LogP contribution >= 0.6 is 0 Å². The highest BCUT2D eigenvalue weighted by Crippen LogP contribution is 2.29. The molecule has 256 valence electrons. The van der Waals surface area contributed by atoms with Crippen molar-refractivity contribution >= 4 is 65.4 Å². The molecule has 0 heterocycles. The van der Waals surface area contributed by atoms with Crippen LogP contribution in [-0.4, -0.2) is 77.1 Å². The molecule has 1 rings (SSSR count). The molecule has 0 atom stereocenters. The van der Waals surface area contributed by atoms with E-state index in [-0.39, 0.29) is 5.56 Å². The maximum absolute atomic E-state index is 11.0. The molecule has 0 saturated heterocycles. The highest BCUT2D eigenvalue weighted by Gasteiger charge is 2.48. The van der Waals surface area contributed by atoms with Crippen molar-refractivity contribution < 1.29 is 39.3 Å². The molecule has 0 amide bonds. The molecule has 0 unspecified atom stereocenters. The van der Waals surface area contributed by atoms with Crippen molar-refractivity contribution in [3.63, 3.8) is 0 Å². The summed E-state index contributed by atoms with van der Waals surface area (Å²) in [6.45, 7) is 32.8. The van der Waals surface area contributed by atoms with Gasteiger partial charge in [-0.25, -0.2) is 4.79 Å². The van der Waals surface area contributed by atoms with Gasteiger partial charge in [-0.05, 0) is 135 Å². The van der Waals surface area contributed by atoms with E-state index in [1.54, 1.807) is 24.3 Å². The summed E-state index contributed by atoms with van der Waals surface area (Å²) in [5.41, 5.74) is 0.265. The van der Waals surface area contributed by atoms with Gasteiger partial charge in [-0.15, -0.1) is 0 Å². The van der Waals surface area contributed by atoms with E-state index < -0.39 is 65.4 Å². The standard InChI is InChI=1S/C28H62O9Si7/c1-38(2,3)32-40(6,7)34-42(10,11)36-44(14,15)37-43(12,13)35-41(8,9)33-39(4,5)25-19-17-16-18-24-31-27-22-20-26(21-23-27)28(29)30/h20-23H,16-19,24-25H2,1-15H3,(H,29,30). The van der Waals surface area contributed by atoms with E-state index in [2.05, 4.69) is 98.2 Å². The van der Waals surface area contributed by atoms with Crippen molar-refractivity contribution in [2.75, 3.05) is 6.61 Å². The number of carboxylic acids is 1. The summed E-state index contributed by atoms with van der Waals surface area (Å²) in [4.78, 5) is 11.0. The molecule has 0 radical (unpaired) electrons. The lowest BCUT2D eigenvalue weighted by Crippen LogP contribution is -2.60. The molecule has 9 nitrogen and oxygen atoms in total. The summed E-state index contributed by atoms with van der Waals surface area (Å²) < 4.78 is 45.7. The lowest BCUT2D eigenvalue weighted by atomic mass is 10.2. The Balaban J connectivity index is 2.53. The lowest BCUT2D eigenvalue weighted by molar-refractivity contribution is 0.0696. The van der Waals surface area contributed by atoms with Crippen molar-refractivity contribution in [3.8, 4) is 5.75 Å². The zero-order chi connectivity index (χ0) is 34.3. The average molecular weight is 739 g/mol. The van der Waals surface area contributed by atoms with Crippen LogP contribution in [0, 0.1) is 0 Å². The number of carboxylic acid groups (broad SMARTS) is 1. The van der Waals surface area contributed by atoms with Gasteiger partial charge in [0.2, 0.25) is 0 Å². The molecular weight excluding hydrogens is 677 g/mol. The molecule has 0 bridgehead atoms. The second-order valence-electron chi connectivity index (χ2n) is 15.3. The zero-order valence-electron chi connectivity index (χ0n) is 30.3. The van der Waals surface area contributed by atoms with Gasteiger partial charge in [-0.2, -0.15) is 0 Å². The molecule has 0 aliphatic carbocycles. The Morgan fingerprint density at radius 3 is 1.34 bits per heavy atom. The van der Waals surface area contributed by atoms with E-state index in [9.17, 15) is 4.79 Å². The van der Waals surface area contributed by atoms with Crippen LogP contribution in [0.3, 0.4) is 0 Å². The van der Waals surface area contributed by atoms with E-state index in [1.807, 2.05) is 0 Å². The van der Waals surface area contributed by atoms with Crippen molar-refractivity contribution in [2.24, 2.45) is 0 Å². The number of hydrogen-bond donors (Lipinski definition) is 1. The summed E-state index contributed by atoms with van der Waals surface area (Å²) in [7, 11) is -16.0. The van der Waals surface area contributed by atoms with Crippen molar-refractivity contribution in [2.45, 2.75) is 130 Å². The van der Waals surface area contributed by atoms with Gasteiger partial charge < -0.3 is 34.5 Å². The Morgan fingerprint density at radius 1 is 0.545 bits per heavy atom. The Bertz CT molecular complexity index is 1040. The van der Waals surface area contributed by atoms with E-state index in [0.29, 0.717) is 12.4 Å². The van der Waals surface area contributed by atoms with E-state index in [0.717, 1.165) is 31.7 Å². The minimum absolute atomic E-state index is 0.265. The Labute approximate surface area is 275 Å². The predicted molar refractivity (Wildman–Crippen MR) is 197 cm³/mol. The Kier molecular flexibility index (Phi) is 15.4. The first-order chi connectivity index (χ1) is 19.6. The highest BCUT2D eigenvalue weighted by atomic mass is 28.5. The van der Waals surface area contributed by atoms with Crippen LogP contribution in [0.15, 0.2) is 24.3 Å². The van der Waals surface area contributed by atoms with Crippen LogP contribution < -0.4 is 4.74 Å². The normalized spacial score (nSPS) is 14.2. The largest absolute Gasteiger partial charge is 0.494 e. The van der Waals surface area contributed by atoms with Crippen LogP contribution in [0.2, 0.25) is 104 Å². The van der Waals surface area contributed by atoms with Crippen LogP contribution in [0.5, 0.6) is 5.75 Å². The number of unbranched alkanes of at least 4 members (excludes halogenated alkanes) is 3. The Hall–Kier alpha value is -0.232. The van der Waals surface area contributed by atoms with E-state index in [1.165, 1.54) is 0 Å². The number of ether oxygens (including phenoxy) is 1. The number of aromatic carboxylic acids is 1. The number of hydrogen-bond acceptors (Lipinski definition) is 8. The molecule has 1 aromatic rings. The second kappa shape index (κ2) is 16.2. The maximum atomic E-state index is 11.0. The fraction of sp³-hybridized carbons (Fsp3) is 0.750. The molecular formula is C28H62O9Si7. The fourth-order valence-corrected chi connectivity index (χ4v) is 40.2. The SMILES string of the molecule is C[Si](C)(C)O[Si](C)(C)O[Si](C)(C)O[Si](C)(C)O[Si](C)(C)O[Si](C)(C)O[Si](C)(C)CCCCCCOc1ccc(C(=O)O)cc1. The van der Waals surface area contributed by atoms with Crippen LogP contribution in [-0.2, 0) is 24.7 Å². The zero-order valence-corrected chi connectivity index (χ0v) is 37.3. The van der Waals surface area contributed by atoms with E-state index in [4.69, 9.17) is 34.5 Å². The summed E-state index contributed by atoms with van der Waals surface area (Å²) in [6, 6.07) is 7.62. The molecule has 0 saturated carbocycles. The lowest BCUT2D eigenvalue weighted by Gasteiger charge is -2.43. The molecule has 1 N–H and O–H groups in total. The van der Waals surface area contributed by atoms with Crippen molar-refractivity contribution in [1.82, 2.24) is 0 Å². The Morgan fingerprint density at radius 2 is 0.932 bits per heavy atom. The van der Waals surface area contributed by atoms with Gasteiger partial charge in [0.1, 0.15) is 5.75 Å². The average Bonchev–Trinajstić information content (AvgIpc) is 2.72. The van der Waals surface area contributed by atoms with Gasteiger partial charge in [0.25, 0.3) is 0 Å². The molecule has 0 aromatic heterocycles. The van der Waals surface area contributed by atoms with Crippen molar-refractivity contribution in [1.29, 1.82) is 0 Å². The molecule has 0 aliphatic heterocycles. The maximum Gasteiger partial charge on any atom is 0.335 e. The van der Waals surface area contributed by atoms with E-state index >= 15 is 0 Å². The van der Waals surface area contributed by atoms with Gasteiger partial charge in [0.15, 0.2) is 16.6 Å². The quantitative estimate of drug-likeness (QED) is 0.0978. The van der Waals surface area contributed by atoms with Gasteiger partial charge in [0, 0.05) is 0 Å². The van der Waals surface area contributed by atoms with Gasteiger partial charge in [0.05, 0.1) is 12.2 Å². The molecule has 0 aliphatic rings. The first-order valence-corrected chi connectivity index (χ1v) is 36.4. The molecule has 0 fully saturated rings. The van der Waals surface area contributed by atoms with Crippen LogP contribution in [0.25, 0.3) is 0 Å². The fourth-order valence-electron chi connectivity index (χ4n) is 5.82. The van der Waals surface area contributed by atoms with Gasteiger partial charge in [-0.1, -0.05) is 19.3 Å². The molecule has 44 heavy (non-hydrogen) atoms. The van der Waals surface area contributed by atoms with Crippen LogP contribution in [0.1, 0.15) is 36.0 Å². The van der Waals surface area contributed by atoms with Gasteiger partial charge >= 0.3 is 48.8 Å². The third kappa shape index (κ3) is 18.8. The van der Waals surface area contributed by atoms with Crippen molar-refractivity contribution in [3.05, 3.63) is 29.8 Å². The molecule has 0 spiro atoms.